The summed E-state index contributed by atoms with van der Waals surface area (Å²) < 4.78 is 5.13. The van der Waals surface area contributed by atoms with Crippen molar-refractivity contribution in [3.63, 3.8) is 0 Å². The van der Waals surface area contributed by atoms with Gasteiger partial charge in [-0.05, 0) is 23.6 Å². The molecular formula is C16H20N2O. The van der Waals surface area contributed by atoms with Gasteiger partial charge in [-0.25, -0.2) is 4.98 Å². The van der Waals surface area contributed by atoms with Crippen molar-refractivity contribution in [3.05, 3.63) is 53.7 Å². The molecule has 100 valence electrons. The maximum absolute atomic E-state index is 5.13. The molecule has 19 heavy (non-hydrogen) atoms. The lowest BCUT2D eigenvalue weighted by atomic mass is 10.0. The molecule has 0 aliphatic carbocycles. The second-order valence-corrected chi connectivity index (χ2v) is 4.77. The third-order valence-corrected chi connectivity index (χ3v) is 3.03. The number of anilines is 1. The zero-order valence-corrected chi connectivity index (χ0v) is 11.7. The Labute approximate surface area is 114 Å². The van der Waals surface area contributed by atoms with E-state index in [1.165, 1.54) is 11.3 Å². The molecule has 2 rings (SSSR count). The van der Waals surface area contributed by atoms with Crippen LogP contribution in [0.1, 0.15) is 31.0 Å². The largest absolute Gasteiger partial charge is 0.481 e. The molecule has 0 bridgehead atoms. The molecule has 0 aliphatic rings. The van der Waals surface area contributed by atoms with Crippen LogP contribution in [0.25, 0.3) is 0 Å². The molecule has 3 nitrogen and oxygen atoms in total. The lowest BCUT2D eigenvalue weighted by molar-refractivity contribution is 0.396. The van der Waals surface area contributed by atoms with Crippen molar-refractivity contribution in [3.8, 4) is 5.88 Å². The molecule has 0 unspecified atom stereocenters. The molecule has 0 fully saturated rings. The average molecular weight is 256 g/mol. The van der Waals surface area contributed by atoms with Crippen molar-refractivity contribution in [1.82, 2.24) is 4.98 Å². The fourth-order valence-corrected chi connectivity index (χ4v) is 2.02. The van der Waals surface area contributed by atoms with Crippen LogP contribution >= 0.6 is 0 Å². The average Bonchev–Trinajstić information content (AvgIpc) is 2.45. The van der Waals surface area contributed by atoms with E-state index in [9.17, 15) is 0 Å². The zero-order chi connectivity index (χ0) is 13.7. The highest BCUT2D eigenvalue weighted by Gasteiger charge is 2.05. The first-order valence-corrected chi connectivity index (χ1v) is 6.53. The van der Waals surface area contributed by atoms with Gasteiger partial charge in [-0.1, -0.05) is 38.1 Å². The maximum atomic E-state index is 5.13. The van der Waals surface area contributed by atoms with Crippen LogP contribution in [-0.2, 0) is 6.54 Å². The summed E-state index contributed by atoms with van der Waals surface area (Å²) in [6.45, 7) is 5.09. The minimum Gasteiger partial charge on any atom is -0.481 e. The van der Waals surface area contributed by atoms with Gasteiger partial charge in [-0.3, -0.25) is 0 Å². The molecule has 0 aliphatic heterocycles. The zero-order valence-electron chi connectivity index (χ0n) is 11.7. The van der Waals surface area contributed by atoms with Gasteiger partial charge < -0.3 is 10.1 Å². The standard InChI is InChI=1S/C16H20N2O/c1-12(2)14-8-4-5-9-15(14)17-11-13-7-6-10-16(18-13)19-3/h4-10,12,17H,11H2,1-3H3. The van der Waals surface area contributed by atoms with Crippen LogP contribution < -0.4 is 10.1 Å². The topological polar surface area (TPSA) is 34.1 Å². The van der Waals surface area contributed by atoms with E-state index in [4.69, 9.17) is 4.74 Å². The predicted octanol–water partition coefficient (Wildman–Crippen LogP) is 3.83. The number of pyridine rings is 1. The fourth-order valence-electron chi connectivity index (χ4n) is 2.02. The number of rotatable bonds is 5. The van der Waals surface area contributed by atoms with Gasteiger partial charge in [0.2, 0.25) is 5.88 Å². The first kappa shape index (κ1) is 13.4. The maximum Gasteiger partial charge on any atom is 0.213 e. The van der Waals surface area contributed by atoms with Gasteiger partial charge in [-0.15, -0.1) is 0 Å². The summed E-state index contributed by atoms with van der Waals surface area (Å²) in [5.41, 5.74) is 3.46. The molecule has 1 aromatic carbocycles. The third kappa shape index (κ3) is 3.47. The second kappa shape index (κ2) is 6.23. The summed E-state index contributed by atoms with van der Waals surface area (Å²) in [4.78, 5) is 4.40. The van der Waals surface area contributed by atoms with Gasteiger partial charge in [0.25, 0.3) is 0 Å². The molecule has 0 spiro atoms. The Bertz CT molecular complexity index is 538. The number of para-hydroxylation sites is 1. The lowest BCUT2D eigenvalue weighted by Gasteiger charge is -2.14. The SMILES string of the molecule is COc1cccc(CNc2ccccc2C(C)C)n1. The monoisotopic (exact) mass is 256 g/mol. The van der Waals surface area contributed by atoms with E-state index in [1.807, 2.05) is 24.3 Å². The van der Waals surface area contributed by atoms with Crippen molar-refractivity contribution < 1.29 is 4.74 Å². The Morgan fingerprint density at radius 3 is 2.63 bits per heavy atom. The Morgan fingerprint density at radius 1 is 1.11 bits per heavy atom. The molecule has 1 N–H and O–H groups in total. The molecule has 0 saturated carbocycles. The lowest BCUT2D eigenvalue weighted by Crippen LogP contribution is -2.05. The summed E-state index contributed by atoms with van der Waals surface area (Å²) in [6, 6.07) is 14.2. The van der Waals surface area contributed by atoms with Crippen LogP contribution in [0, 0.1) is 0 Å². The molecule has 0 amide bonds. The van der Waals surface area contributed by atoms with Crippen LogP contribution in [0.4, 0.5) is 5.69 Å². The van der Waals surface area contributed by atoms with Crippen LogP contribution in [0.5, 0.6) is 5.88 Å². The Kier molecular flexibility index (Phi) is 4.39. The normalized spacial score (nSPS) is 10.5. The van der Waals surface area contributed by atoms with Crippen molar-refractivity contribution >= 4 is 5.69 Å². The van der Waals surface area contributed by atoms with Crippen LogP contribution in [0.15, 0.2) is 42.5 Å². The summed E-state index contributed by atoms with van der Waals surface area (Å²) in [5.74, 6) is 1.15. The third-order valence-electron chi connectivity index (χ3n) is 3.03. The van der Waals surface area contributed by atoms with Crippen LogP contribution in [0.3, 0.4) is 0 Å². The van der Waals surface area contributed by atoms with Crippen molar-refractivity contribution in [2.45, 2.75) is 26.3 Å². The van der Waals surface area contributed by atoms with Crippen molar-refractivity contribution in [2.24, 2.45) is 0 Å². The van der Waals surface area contributed by atoms with Gasteiger partial charge in [0.05, 0.1) is 19.3 Å². The highest BCUT2D eigenvalue weighted by atomic mass is 16.5. The number of nitrogens with zero attached hydrogens (tertiary/aromatic N) is 1. The van der Waals surface area contributed by atoms with E-state index in [1.54, 1.807) is 7.11 Å². The molecule has 3 heteroatoms. The van der Waals surface area contributed by atoms with Crippen LogP contribution in [0.2, 0.25) is 0 Å². The van der Waals surface area contributed by atoms with Crippen molar-refractivity contribution in [2.75, 3.05) is 12.4 Å². The smallest absolute Gasteiger partial charge is 0.213 e. The highest BCUT2D eigenvalue weighted by molar-refractivity contribution is 5.52. The Balaban J connectivity index is 2.10. The number of aromatic nitrogens is 1. The Morgan fingerprint density at radius 2 is 1.89 bits per heavy atom. The van der Waals surface area contributed by atoms with Gasteiger partial charge in [0, 0.05) is 11.8 Å². The van der Waals surface area contributed by atoms with Gasteiger partial charge in [-0.2, -0.15) is 0 Å². The van der Waals surface area contributed by atoms with Crippen molar-refractivity contribution in [1.29, 1.82) is 0 Å². The first-order chi connectivity index (χ1) is 9.20. The number of benzene rings is 1. The van der Waals surface area contributed by atoms with E-state index in [0.717, 1.165) is 5.69 Å². The summed E-state index contributed by atoms with van der Waals surface area (Å²) >= 11 is 0. The van der Waals surface area contributed by atoms with Gasteiger partial charge >= 0.3 is 0 Å². The summed E-state index contributed by atoms with van der Waals surface area (Å²) in [7, 11) is 1.63. The summed E-state index contributed by atoms with van der Waals surface area (Å²) in [6.07, 6.45) is 0. The molecule has 0 radical (unpaired) electrons. The predicted molar refractivity (Wildman–Crippen MR) is 78.6 cm³/mol. The van der Waals surface area contributed by atoms with E-state index in [0.29, 0.717) is 18.3 Å². The number of hydrogen-bond donors (Lipinski definition) is 1. The van der Waals surface area contributed by atoms with E-state index in [2.05, 4.69) is 42.3 Å². The minimum absolute atomic E-state index is 0.502. The molecule has 0 atom stereocenters. The number of methoxy groups -OCH3 is 1. The molecule has 2 aromatic rings. The summed E-state index contributed by atoms with van der Waals surface area (Å²) in [5, 5.41) is 3.44. The molecular weight excluding hydrogens is 236 g/mol. The molecule has 1 aromatic heterocycles. The first-order valence-electron chi connectivity index (χ1n) is 6.53. The minimum atomic E-state index is 0.502. The van der Waals surface area contributed by atoms with Crippen LogP contribution in [-0.4, -0.2) is 12.1 Å². The van der Waals surface area contributed by atoms with E-state index in [-0.39, 0.29) is 0 Å². The quantitative estimate of drug-likeness (QED) is 0.883. The van der Waals surface area contributed by atoms with E-state index >= 15 is 0 Å². The molecule has 1 heterocycles. The molecule has 0 saturated heterocycles. The second-order valence-electron chi connectivity index (χ2n) is 4.77. The number of hydrogen-bond acceptors (Lipinski definition) is 3. The number of ether oxygens (including phenoxy) is 1. The fraction of sp³-hybridized carbons (Fsp3) is 0.312. The Hall–Kier alpha value is -2.03. The van der Waals surface area contributed by atoms with E-state index < -0.39 is 0 Å². The van der Waals surface area contributed by atoms with Gasteiger partial charge in [0.1, 0.15) is 0 Å². The van der Waals surface area contributed by atoms with Gasteiger partial charge in [0.15, 0.2) is 0 Å². The number of nitrogens with one attached hydrogen (secondary N) is 1. The highest BCUT2D eigenvalue weighted by Crippen LogP contribution is 2.24.